The number of para-hydroxylation sites is 1. The first-order valence-corrected chi connectivity index (χ1v) is 9.65. The van der Waals surface area contributed by atoms with E-state index in [9.17, 15) is 9.59 Å². The van der Waals surface area contributed by atoms with E-state index >= 15 is 0 Å². The Hall–Kier alpha value is -2.64. The molecule has 1 unspecified atom stereocenters. The third-order valence-corrected chi connectivity index (χ3v) is 4.89. The van der Waals surface area contributed by atoms with Crippen molar-refractivity contribution < 1.29 is 14.0 Å². The lowest BCUT2D eigenvalue weighted by Crippen LogP contribution is -2.51. The summed E-state index contributed by atoms with van der Waals surface area (Å²) in [7, 11) is 0. The van der Waals surface area contributed by atoms with Crippen LogP contribution in [0.2, 0.25) is 0 Å². The van der Waals surface area contributed by atoms with Gasteiger partial charge in [0.1, 0.15) is 11.3 Å². The predicted molar refractivity (Wildman–Crippen MR) is 109 cm³/mol. The minimum absolute atomic E-state index is 0.00533. The number of carbonyl (C=O) groups is 2. The number of carbonyl (C=O) groups excluding carboxylic acids is 2. The SMILES string of the molecule is C=CCNC(=O)CN1CCN(CC(=O)NC(C)c2cc3ccccc3o2)CC1. The minimum atomic E-state index is -0.185. The lowest BCUT2D eigenvalue weighted by atomic mass is 10.2. The number of nitrogens with zero attached hydrogens (tertiary/aromatic N) is 2. The Bertz CT molecular complexity index is 791. The van der Waals surface area contributed by atoms with Gasteiger partial charge in [0.25, 0.3) is 0 Å². The molecule has 150 valence electrons. The van der Waals surface area contributed by atoms with Crippen LogP contribution in [0.1, 0.15) is 18.7 Å². The van der Waals surface area contributed by atoms with Crippen LogP contribution in [0.4, 0.5) is 0 Å². The standard InChI is InChI=1S/C21H28N4O3/c1-3-8-22-20(26)14-24-9-11-25(12-10-24)15-21(27)23-16(2)19-13-17-6-4-5-7-18(17)28-19/h3-7,13,16H,1,8-12,14-15H2,2H3,(H,22,26)(H,23,27). The van der Waals surface area contributed by atoms with Crippen molar-refractivity contribution >= 4 is 22.8 Å². The molecule has 3 rings (SSSR count). The van der Waals surface area contributed by atoms with E-state index in [-0.39, 0.29) is 17.9 Å². The summed E-state index contributed by atoms with van der Waals surface area (Å²) in [5.74, 6) is 0.737. The highest BCUT2D eigenvalue weighted by Gasteiger charge is 2.21. The third kappa shape index (κ3) is 5.43. The smallest absolute Gasteiger partial charge is 0.234 e. The van der Waals surface area contributed by atoms with Crippen LogP contribution >= 0.6 is 0 Å². The van der Waals surface area contributed by atoms with E-state index in [1.807, 2.05) is 37.3 Å². The Balaban J connectivity index is 1.41. The predicted octanol–water partition coefficient (Wildman–Crippen LogP) is 1.53. The summed E-state index contributed by atoms with van der Waals surface area (Å²) >= 11 is 0. The number of benzene rings is 1. The summed E-state index contributed by atoms with van der Waals surface area (Å²) in [4.78, 5) is 28.4. The normalized spacial score (nSPS) is 16.6. The number of nitrogens with one attached hydrogen (secondary N) is 2. The molecule has 28 heavy (non-hydrogen) atoms. The highest BCUT2D eigenvalue weighted by Crippen LogP contribution is 2.23. The molecule has 0 radical (unpaired) electrons. The zero-order valence-corrected chi connectivity index (χ0v) is 16.3. The van der Waals surface area contributed by atoms with Crippen molar-refractivity contribution in [1.29, 1.82) is 0 Å². The number of hydrogen-bond acceptors (Lipinski definition) is 5. The van der Waals surface area contributed by atoms with Gasteiger partial charge in [0.15, 0.2) is 0 Å². The van der Waals surface area contributed by atoms with Gasteiger partial charge < -0.3 is 15.1 Å². The lowest BCUT2D eigenvalue weighted by Gasteiger charge is -2.33. The fourth-order valence-electron chi connectivity index (χ4n) is 3.33. The van der Waals surface area contributed by atoms with Gasteiger partial charge in [0, 0.05) is 38.1 Å². The van der Waals surface area contributed by atoms with Gasteiger partial charge in [-0.1, -0.05) is 24.3 Å². The first kappa shape index (κ1) is 20.1. The van der Waals surface area contributed by atoms with Gasteiger partial charge in [0.05, 0.1) is 19.1 Å². The molecule has 0 saturated carbocycles. The average Bonchev–Trinajstić information content (AvgIpc) is 3.12. The summed E-state index contributed by atoms with van der Waals surface area (Å²) in [6.07, 6.45) is 1.67. The Morgan fingerprint density at radius 1 is 1.14 bits per heavy atom. The zero-order valence-electron chi connectivity index (χ0n) is 16.3. The molecule has 2 amide bonds. The van der Waals surface area contributed by atoms with Crippen LogP contribution in [0.5, 0.6) is 0 Å². The maximum absolute atomic E-state index is 12.4. The number of amides is 2. The van der Waals surface area contributed by atoms with Crippen molar-refractivity contribution in [3.8, 4) is 0 Å². The van der Waals surface area contributed by atoms with Crippen LogP contribution in [0.15, 0.2) is 47.4 Å². The molecule has 0 spiro atoms. The maximum atomic E-state index is 12.4. The molecule has 1 aromatic heterocycles. The Morgan fingerprint density at radius 3 is 2.43 bits per heavy atom. The highest BCUT2D eigenvalue weighted by molar-refractivity contribution is 5.80. The van der Waals surface area contributed by atoms with Crippen molar-refractivity contribution in [2.45, 2.75) is 13.0 Å². The Morgan fingerprint density at radius 2 is 1.79 bits per heavy atom. The van der Waals surface area contributed by atoms with Crippen molar-refractivity contribution in [2.24, 2.45) is 0 Å². The number of furan rings is 1. The zero-order chi connectivity index (χ0) is 19.9. The van der Waals surface area contributed by atoms with Gasteiger partial charge in [-0.05, 0) is 19.1 Å². The van der Waals surface area contributed by atoms with Gasteiger partial charge >= 0.3 is 0 Å². The van der Waals surface area contributed by atoms with E-state index < -0.39 is 0 Å². The second-order valence-corrected chi connectivity index (χ2v) is 7.12. The van der Waals surface area contributed by atoms with Gasteiger partial charge in [-0.2, -0.15) is 0 Å². The van der Waals surface area contributed by atoms with Gasteiger partial charge in [-0.3, -0.25) is 19.4 Å². The van der Waals surface area contributed by atoms with E-state index in [1.165, 1.54) is 0 Å². The van der Waals surface area contributed by atoms with Crippen LogP contribution in [0, 0.1) is 0 Å². The molecule has 1 fully saturated rings. The van der Waals surface area contributed by atoms with Gasteiger partial charge in [0.2, 0.25) is 11.8 Å². The molecular weight excluding hydrogens is 356 g/mol. The average molecular weight is 384 g/mol. The Kier molecular flexibility index (Phi) is 6.84. The van der Waals surface area contributed by atoms with E-state index in [1.54, 1.807) is 6.08 Å². The van der Waals surface area contributed by atoms with Crippen molar-refractivity contribution in [3.63, 3.8) is 0 Å². The second-order valence-electron chi connectivity index (χ2n) is 7.12. The molecule has 1 aromatic carbocycles. The summed E-state index contributed by atoms with van der Waals surface area (Å²) in [5.41, 5.74) is 0.826. The lowest BCUT2D eigenvalue weighted by molar-refractivity contribution is -0.125. The topological polar surface area (TPSA) is 77.8 Å². The molecular formula is C21H28N4O3. The van der Waals surface area contributed by atoms with E-state index in [0.29, 0.717) is 19.6 Å². The molecule has 2 heterocycles. The van der Waals surface area contributed by atoms with Gasteiger partial charge in [-0.25, -0.2) is 0 Å². The summed E-state index contributed by atoms with van der Waals surface area (Å²) in [6, 6.07) is 9.60. The quantitative estimate of drug-likeness (QED) is 0.675. The monoisotopic (exact) mass is 384 g/mol. The van der Waals surface area contributed by atoms with Crippen molar-refractivity contribution in [3.05, 3.63) is 48.7 Å². The van der Waals surface area contributed by atoms with Gasteiger partial charge in [-0.15, -0.1) is 6.58 Å². The fraction of sp³-hybridized carbons (Fsp3) is 0.429. The van der Waals surface area contributed by atoms with Crippen LogP contribution < -0.4 is 10.6 Å². The summed E-state index contributed by atoms with van der Waals surface area (Å²) in [5, 5.41) is 6.83. The molecule has 7 heteroatoms. The summed E-state index contributed by atoms with van der Waals surface area (Å²) < 4.78 is 5.82. The number of fused-ring (bicyclic) bond motifs is 1. The molecule has 1 atom stereocenters. The maximum Gasteiger partial charge on any atom is 0.234 e. The second kappa shape index (κ2) is 9.52. The van der Waals surface area contributed by atoms with Crippen molar-refractivity contribution in [1.82, 2.24) is 20.4 Å². The molecule has 0 aliphatic carbocycles. The number of piperazine rings is 1. The first-order valence-electron chi connectivity index (χ1n) is 9.65. The Labute approximate surface area is 165 Å². The van der Waals surface area contributed by atoms with Crippen LogP contribution in [0.25, 0.3) is 11.0 Å². The van der Waals surface area contributed by atoms with E-state index in [0.717, 1.165) is 42.9 Å². The fourth-order valence-corrected chi connectivity index (χ4v) is 3.33. The number of hydrogen-bond donors (Lipinski definition) is 2. The minimum Gasteiger partial charge on any atom is -0.459 e. The largest absolute Gasteiger partial charge is 0.459 e. The molecule has 1 aliphatic rings. The molecule has 1 aliphatic heterocycles. The van der Waals surface area contributed by atoms with Crippen LogP contribution in [-0.2, 0) is 9.59 Å². The molecule has 0 bridgehead atoms. The first-order chi connectivity index (χ1) is 13.5. The molecule has 1 saturated heterocycles. The number of rotatable bonds is 8. The molecule has 7 nitrogen and oxygen atoms in total. The van der Waals surface area contributed by atoms with E-state index in [2.05, 4.69) is 27.0 Å². The summed E-state index contributed by atoms with van der Waals surface area (Å²) in [6.45, 7) is 9.81. The van der Waals surface area contributed by atoms with Crippen molar-refractivity contribution in [2.75, 3.05) is 45.8 Å². The van der Waals surface area contributed by atoms with E-state index in [4.69, 9.17) is 4.42 Å². The molecule has 2 N–H and O–H groups in total. The highest BCUT2D eigenvalue weighted by atomic mass is 16.3. The molecule has 2 aromatic rings. The van der Waals surface area contributed by atoms with Crippen LogP contribution in [-0.4, -0.2) is 67.4 Å². The van der Waals surface area contributed by atoms with Crippen LogP contribution in [0.3, 0.4) is 0 Å². The third-order valence-electron chi connectivity index (χ3n) is 4.89.